The molecule has 0 aliphatic carbocycles. The molecule has 0 heterocycles. The minimum absolute atomic E-state index is 0.108. The standard InChI is InChI=1S/C21H27NO4/c1-5-25-20-11-8-17(12-18(20)14-26-15(2)3)21(23)22-13-16-6-9-19(24-4)10-7-16/h6-12,15H,5,13-14H2,1-4H3,(H,22,23). The summed E-state index contributed by atoms with van der Waals surface area (Å²) in [5.74, 6) is 1.41. The molecule has 0 atom stereocenters. The number of methoxy groups -OCH3 is 1. The van der Waals surface area contributed by atoms with Gasteiger partial charge in [-0.15, -0.1) is 0 Å². The van der Waals surface area contributed by atoms with Crippen LogP contribution in [0.25, 0.3) is 0 Å². The predicted octanol–water partition coefficient (Wildman–Crippen LogP) is 3.95. The molecule has 0 aliphatic rings. The lowest BCUT2D eigenvalue weighted by Gasteiger charge is -2.14. The van der Waals surface area contributed by atoms with Gasteiger partial charge in [0.1, 0.15) is 11.5 Å². The summed E-state index contributed by atoms with van der Waals surface area (Å²) in [4.78, 5) is 12.5. The molecule has 5 heteroatoms. The topological polar surface area (TPSA) is 56.8 Å². The van der Waals surface area contributed by atoms with Crippen LogP contribution in [0.3, 0.4) is 0 Å². The summed E-state index contributed by atoms with van der Waals surface area (Å²) in [6, 6.07) is 13.0. The zero-order valence-corrected chi connectivity index (χ0v) is 15.9. The summed E-state index contributed by atoms with van der Waals surface area (Å²) in [5, 5.41) is 2.93. The summed E-state index contributed by atoms with van der Waals surface area (Å²) in [7, 11) is 1.63. The van der Waals surface area contributed by atoms with Gasteiger partial charge in [-0.05, 0) is 56.7 Å². The highest BCUT2D eigenvalue weighted by Crippen LogP contribution is 2.22. The lowest BCUT2D eigenvalue weighted by atomic mass is 10.1. The lowest BCUT2D eigenvalue weighted by Crippen LogP contribution is -2.23. The Kier molecular flexibility index (Phi) is 7.48. The van der Waals surface area contributed by atoms with Crippen LogP contribution in [0, 0.1) is 0 Å². The molecule has 0 spiro atoms. The van der Waals surface area contributed by atoms with E-state index in [1.807, 2.05) is 57.2 Å². The number of carbonyl (C=O) groups excluding carboxylic acids is 1. The quantitative estimate of drug-likeness (QED) is 0.738. The Bertz CT molecular complexity index is 710. The van der Waals surface area contributed by atoms with Gasteiger partial charge in [0.05, 0.1) is 26.4 Å². The van der Waals surface area contributed by atoms with E-state index in [1.165, 1.54) is 0 Å². The first-order valence-electron chi connectivity index (χ1n) is 8.82. The maximum atomic E-state index is 12.5. The maximum absolute atomic E-state index is 12.5. The number of nitrogens with one attached hydrogen (secondary N) is 1. The van der Waals surface area contributed by atoms with Gasteiger partial charge in [0.15, 0.2) is 0 Å². The van der Waals surface area contributed by atoms with E-state index in [1.54, 1.807) is 13.2 Å². The van der Waals surface area contributed by atoms with Gasteiger partial charge in [-0.1, -0.05) is 12.1 Å². The molecular formula is C21H27NO4. The second-order valence-electron chi connectivity index (χ2n) is 6.15. The third-order valence-electron chi connectivity index (χ3n) is 3.81. The Labute approximate surface area is 155 Å². The summed E-state index contributed by atoms with van der Waals surface area (Å²) in [6.45, 7) is 7.32. The van der Waals surface area contributed by atoms with Crippen molar-refractivity contribution in [1.29, 1.82) is 0 Å². The minimum Gasteiger partial charge on any atom is -0.497 e. The number of hydrogen-bond donors (Lipinski definition) is 1. The molecule has 0 unspecified atom stereocenters. The Morgan fingerprint density at radius 1 is 1.12 bits per heavy atom. The van der Waals surface area contributed by atoms with Gasteiger partial charge in [0.25, 0.3) is 5.91 Å². The van der Waals surface area contributed by atoms with Gasteiger partial charge in [0.2, 0.25) is 0 Å². The second kappa shape index (κ2) is 9.82. The number of amides is 1. The van der Waals surface area contributed by atoms with E-state index in [-0.39, 0.29) is 12.0 Å². The molecule has 1 N–H and O–H groups in total. The van der Waals surface area contributed by atoms with Crippen molar-refractivity contribution in [3.05, 3.63) is 59.2 Å². The molecule has 2 aromatic rings. The van der Waals surface area contributed by atoms with Crippen LogP contribution < -0.4 is 14.8 Å². The molecule has 26 heavy (non-hydrogen) atoms. The largest absolute Gasteiger partial charge is 0.497 e. The normalized spacial score (nSPS) is 10.7. The van der Waals surface area contributed by atoms with Crippen LogP contribution in [0.4, 0.5) is 0 Å². The SMILES string of the molecule is CCOc1ccc(C(=O)NCc2ccc(OC)cc2)cc1COC(C)C. The number of hydrogen-bond acceptors (Lipinski definition) is 4. The lowest BCUT2D eigenvalue weighted by molar-refractivity contribution is 0.0641. The minimum atomic E-state index is -0.130. The van der Waals surface area contributed by atoms with Crippen molar-refractivity contribution < 1.29 is 19.0 Å². The fourth-order valence-electron chi connectivity index (χ4n) is 2.41. The monoisotopic (exact) mass is 357 g/mol. The smallest absolute Gasteiger partial charge is 0.251 e. The van der Waals surface area contributed by atoms with Gasteiger partial charge in [-0.25, -0.2) is 0 Å². The molecule has 0 saturated heterocycles. The summed E-state index contributed by atoms with van der Waals surface area (Å²) in [5.41, 5.74) is 2.47. The highest BCUT2D eigenvalue weighted by molar-refractivity contribution is 5.94. The molecule has 0 fully saturated rings. The average molecular weight is 357 g/mol. The van der Waals surface area contributed by atoms with Crippen molar-refractivity contribution in [1.82, 2.24) is 5.32 Å². The first-order valence-corrected chi connectivity index (χ1v) is 8.82. The Morgan fingerprint density at radius 2 is 1.85 bits per heavy atom. The van der Waals surface area contributed by atoms with Crippen molar-refractivity contribution in [2.75, 3.05) is 13.7 Å². The number of carbonyl (C=O) groups is 1. The van der Waals surface area contributed by atoms with Crippen LogP contribution in [-0.2, 0) is 17.9 Å². The number of benzene rings is 2. The van der Waals surface area contributed by atoms with Crippen LogP contribution >= 0.6 is 0 Å². The van der Waals surface area contributed by atoms with E-state index < -0.39 is 0 Å². The van der Waals surface area contributed by atoms with Crippen LogP contribution in [0.15, 0.2) is 42.5 Å². The first kappa shape index (κ1) is 19.8. The van der Waals surface area contributed by atoms with Crippen LogP contribution in [0.2, 0.25) is 0 Å². The molecule has 5 nitrogen and oxygen atoms in total. The van der Waals surface area contributed by atoms with Gasteiger partial charge in [-0.3, -0.25) is 4.79 Å². The molecule has 0 saturated carbocycles. The van der Waals surface area contributed by atoms with E-state index in [0.717, 1.165) is 22.6 Å². The first-order chi connectivity index (χ1) is 12.5. The molecule has 1 amide bonds. The maximum Gasteiger partial charge on any atom is 0.251 e. The molecule has 2 rings (SSSR count). The molecule has 0 radical (unpaired) electrons. The zero-order valence-electron chi connectivity index (χ0n) is 15.9. The van der Waals surface area contributed by atoms with Crippen molar-refractivity contribution in [3.63, 3.8) is 0 Å². The molecular weight excluding hydrogens is 330 g/mol. The number of ether oxygens (including phenoxy) is 3. The predicted molar refractivity (Wildman–Crippen MR) is 102 cm³/mol. The van der Waals surface area contributed by atoms with Crippen molar-refractivity contribution in [3.8, 4) is 11.5 Å². The van der Waals surface area contributed by atoms with Gasteiger partial charge < -0.3 is 19.5 Å². The molecule has 0 aliphatic heterocycles. The summed E-state index contributed by atoms with van der Waals surface area (Å²) >= 11 is 0. The van der Waals surface area contributed by atoms with E-state index in [9.17, 15) is 4.79 Å². The van der Waals surface area contributed by atoms with Gasteiger partial charge in [0, 0.05) is 17.7 Å². The van der Waals surface area contributed by atoms with E-state index in [0.29, 0.717) is 25.3 Å². The third kappa shape index (κ3) is 5.77. The Hall–Kier alpha value is -2.53. The average Bonchev–Trinajstić information content (AvgIpc) is 2.65. The molecule has 140 valence electrons. The highest BCUT2D eigenvalue weighted by Gasteiger charge is 2.11. The molecule has 0 aromatic heterocycles. The highest BCUT2D eigenvalue weighted by atomic mass is 16.5. The Morgan fingerprint density at radius 3 is 2.46 bits per heavy atom. The van der Waals surface area contributed by atoms with Crippen LogP contribution in [0.1, 0.15) is 42.3 Å². The van der Waals surface area contributed by atoms with Crippen LogP contribution in [0.5, 0.6) is 11.5 Å². The Balaban J connectivity index is 2.05. The van der Waals surface area contributed by atoms with Gasteiger partial charge >= 0.3 is 0 Å². The molecule has 2 aromatic carbocycles. The summed E-state index contributed by atoms with van der Waals surface area (Å²) in [6.07, 6.45) is 0.108. The fourth-order valence-corrected chi connectivity index (χ4v) is 2.41. The zero-order chi connectivity index (χ0) is 18.9. The van der Waals surface area contributed by atoms with E-state index in [2.05, 4.69) is 5.32 Å². The molecule has 0 bridgehead atoms. The van der Waals surface area contributed by atoms with Crippen molar-refractivity contribution in [2.45, 2.75) is 40.0 Å². The third-order valence-corrected chi connectivity index (χ3v) is 3.81. The van der Waals surface area contributed by atoms with Crippen molar-refractivity contribution in [2.24, 2.45) is 0 Å². The number of rotatable bonds is 9. The second-order valence-corrected chi connectivity index (χ2v) is 6.15. The fraction of sp³-hybridized carbons (Fsp3) is 0.381. The summed E-state index contributed by atoms with van der Waals surface area (Å²) < 4.78 is 16.4. The van der Waals surface area contributed by atoms with Crippen LogP contribution in [-0.4, -0.2) is 25.7 Å². The van der Waals surface area contributed by atoms with E-state index >= 15 is 0 Å². The van der Waals surface area contributed by atoms with Gasteiger partial charge in [-0.2, -0.15) is 0 Å². The van der Waals surface area contributed by atoms with Crippen molar-refractivity contribution >= 4 is 5.91 Å². The van der Waals surface area contributed by atoms with E-state index in [4.69, 9.17) is 14.2 Å².